The molecular weight excluding hydrogens is 503 g/mol. The van der Waals surface area contributed by atoms with E-state index in [2.05, 4.69) is 58.9 Å². The highest BCUT2D eigenvalue weighted by molar-refractivity contribution is 14.0. The van der Waals surface area contributed by atoms with E-state index in [1.165, 1.54) is 5.56 Å². The van der Waals surface area contributed by atoms with Crippen molar-refractivity contribution < 1.29 is 9.53 Å². The van der Waals surface area contributed by atoms with Crippen molar-refractivity contribution >= 4 is 35.8 Å². The second kappa shape index (κ2) is 12.5. The highest BCUT2D eigenvalue weighted by atomic mass is 127. The predicted octanol–water partition coefficient (Wildman–Crippen LogP) is 4.00. The first kappa shape index (κ1) is 25.0. The molecule has 0 saturated carbocycles. The number of benzene rings is 2. The molecule has 7 heteroatoms. The second-order valence-corrected chi connectivity index (χ2v) is 7.56. The van der Waals surface area contributed by atoms with Gasteiger partial charge < -0.3 is 20.3 Å². The van der Waals surface area contributed by atoms with Gasteiger partial charge in [0, 0.05) is 45.2 Å². The van der Waals surface area contributed by atoms with Crippen LogP contribution in [0.25, 0.3) is 0 Å². The Kier molecular flexibility index (Phi) is 10.1. The number of rotatable bonds is 8. The number of carbonyl (C=O) groups excluding carboxylic acids is 1. The molecule has 2 aromatic rings. The highest BCUT2D eigenvalue weighted by Gasteiger charge is 2.19. The van der Waals surface area contributed by atoms with Crippen molar-refractivity contribution in [2.24, 2.45) is 4.99 Å². The molecule has 2 aromatic carbocycles. The minimum Gasteiger partial charge on any atom is -0.494 e. The third kappa shape index (κ3) is 7.41. The van der Waals surface area contributed by atoms with E-state index >= 15 is 0 Å². The average Bonchev–Trinajstić information content (AvgIpc) is 3.14. The smallest absolute Gasteiger partial charge is 0.222 e. The Hall–Kier alpha value is -2.29. The molecule has 1 amide bonds. The normalized spacial score (nSPS) is 13.7. The van der Waals surface area contributed by atoms with Crippen molar-refractivity contribution in [3.05, 3.63) is 64.7 Å². The van der Waals surface area contributed by atoms with Crippen LogP contribution in [0.4, 0.5) is 0 Å². The summed E-state index contributed by atoms with van der Waals surface area (Å²) < 4.78 is 5.76. The minimum absolute atomic E-state index is 0. The molecule has 0 spiro atoms. The van der Waals surface area contributed by atoms with Crippen LogP contribution in [-0.2, 0) is 24.4 Å². The summed E-state index contributed by atoms with van der Waals surface area (Å²) in [5.74, 6) is 1.90. The Labute approximate surface area is 202 Å². The van der Waals surface area contributed by atoms with E-state index in [-0.39, 0.29) is 29.9 Å². The number of nitrogens with zero attached hydrogens (tertiary/aromatic N) is 2. The summed E-state index contributed by atoms with van der Waals surface area (Å²) in [5.41, 5.74) is 4.60. The molecule has 0 unspecified atom stereocenters. The maximum atomic E-state index is 11.9. The van der Waals surface area contributed by atoms with E-state index in [1.807, 2.05) is 17.9 Å². The number of aliphatic imine (C=N–C) groups is 1. The van der Waals surface area contributed by atoms with E-state index in [4.69, 9.17) is 4.74 Å². The van der Waals surface area contributed by atoms with Crippen LogP contribution in [0, 0.1) is 6.92 Å². The first-order valence-electron chi connectivity index (χ1n) is 10.6. The lowest BCUT2D eigenvalue weighted by Gasteiger charge is -2.17. The van der Waals surface area contributed by atoms with Crippen LogP contribution in [-0.4, -0.2) is 37.0 Å². The average molecular weight is 536 g/mol. The Morgan fingerprint density at radius 1 is 1.13 bits per heavy atom. The van der Waals surface area contributed by atoms with Crippen molar-refractivity contribution in [2.75, 3.05) is 20.2 Å². The second-order valence-electron chi connectivity index (χ2n) is 7.56. The quantitative estimate of drug-likeness (QED) is 0.304. The zero-order chi connectivity index (χ0) is 21.3. The summed E-state index contributed by atoms with van der Waals surface area (Å²) in [6.45, 7) is 7.54. The number of guanidine groups is 1. The van der Waals surface area contributed by atoms with E-state index in [1.54, 1.807) is 7.05 Å². The van der Waals surface area contributed by atoms with Gasteiger partial charge in [0.25, 0.3) is 0 Å². The summed E-state index contributed by atoms with van der Waals surface area (Å²) in [4.78, 5) is 18.1. The number of hydrogen-bond donors (Lipinski definition) is 2. The van der Waals surface area contributed by atoms with Crippen LogP contribution in [0.1, 0.15) is 42.0 Å². The molecule has 1 aliphatic rings. The summed E-state index contributed by atoms with van der Waals surface area (Å²) in [6.07, 6.45) is 1.64. The monoisotopic (exact) mass is 536 g/mol. The summed E-state index contributed by atoms with van der Waals surface area (Å²) in [6, 6.07) is 14.6. The Balaban J connectivity index is 0.00000341. The Morgan fingerprint density at radius 2 is 1.90 bits per heavy atom. The molecule has 1 heterocycles. The van der Waals surface area contributed by atoms with Gasteiger partial charge in [0.15, 0.2) is 5.96 Å². The molecule has 31 heavy (non-hydrogen) atoms. The third-order valence-corrected chi connectivity index (χ3v) is 5.19. The molecule has 0 atom stereocenters. The van der Waals surface area contributed by atoms with E-state index in [0.717, 1.165) is 41.4 Å². The third-order valence-electron chi connectivity index (χ3n) is 5.19. The summed E-state index contributed by atoms with van der Waals surface area (Å²) in [5, 5.41) is 6.73. The van der Waals surface area contributed by atoms with Crippen molar-refractivity contribution in [1.29, 1.82) is 0 Å². The van der Waals surface area contributed by atoms with Gasteiger partial charge in [0.05, 0.1) is 6.61 Å². The van der Waals surface area contributed by atoms with Gasteiger partial charge in [-0.1, -0.05) is 36.4 Å². The zero-order valence-corrected chi connectivity index (χ0v) is 20.9. The number of likely N-dealkylation sites (tertiary alicyclic amines) is 1. The molecule has 6 nitrogen and oxygen atoms in total. The van der Waals surface area contributed by atoms with Gasteiger partial charge in [0.1, 0.15) is 5.75 Å². The lowest BCUT2D eigenvalue weighted by Crippen LogP contribution is -2.36. The van der Waals surface area contributed by atoms with Crippen molar-refractivity contribution in [3.63, 3.8) is 0 Å². The minimum atomic E-state index is 0. The van der Waals surface area contributed by atoms with Crippen LogP contribution < -0.4 is 15.4 Å². The van der Waals surface area contributed by atoms with Crippen LogP contribution >= 0.6 is 24.0 Å². The first-order valence-corrected chi connectivity index (χ1v) is 10.6. The number of hydrogen-bond acceptors (Lipinski definition) is 3. The van der Waals surface area contributed by atoms with E-state index < -0.39 is 0 Å². The fraction of sp³-hybridized carbons (Fsp3) is 0.417. The van der Waals surface area contributed by atoms with Crippen LogP contribution in [0.5, 0.6) is 5.75 Å². The molecule has 0 bridgehead atoms. The summed E-state index contributed by atoms with van der Waals surface area (Å²) in [7, 11) is 1.77. The Bertz CT molecular complexity index is 901. The van der Waals surface area contributed by atoms with Gasteiger partial charge in [-0.05, 0) is 43.0 Å². The fourth-order valence-corrected chi connectivity index (χ4v) is 3.61. The molecule has 0 aliphatic carbocycles. The molecule has 1 saturated heterocycles. The topological polar surface area (TPSA) is 66.0 Å². The van der Waals surface area contributed by atoms with Crippen LogP contribution in [0.3, 0.4) is 0 Å². The Morgan fingerprint density at radius 3 is 2.61 bits per heavy atom. The molecule has 2 N–H and O–H groups in total. The molecule has 168 valence electrons. The maximum absolute atomic E-state index is 11.9. The number of ether oxygens (including phenoxy) is 1. The van der Waals surface area contributed by atoms with Gasteiger partial charge in [-0.25, -0.2) is 0 Å². The number of halogens is 1. The van der Waals surface area contributed by atoms with Crippen LogP contribution in [0.15, 0.2) is 47.5 Å². The van der Waals surface area contributed by atoms with E-state index in [0.29, 0.717) is 32.7 Å². The number of aryl methyl sites for hydroxylation is 1. The van der Waals surface area contributed by atoms with Crippen LogP contribution in [0.2, 0.25) is 0 Å². The van der Waals surface area contributed by atoms with E-state index in [9.17, 15) is 4.79 Å². The number of amides is 1. The van der Waals surface area contributed by atoms with Gasteiger partial charge in [0.2, 0.25) is 5.91 Å². The fourth-order valence-electron chi connectivity index (χ4n) is 3.61. The predicted molar refractivity (Wildman–Crippen MR) is 136 cm³/mol. The molecule has 0 aromatic heterocycles. The molecule has 3 rings (SSSR count). The van der Waals surface area contributed by atoms with Crippen molar-refractivity contribution in [1.82, 2.24) is 15.5 Å². The van der Waals surface area contributed by atoms with Gasteiger partial charge in [-0.2, -0.15) is 0 Å². The van der Waals surface area contributed by atoms with Gasteiger partial charge in [-0.15, -0.1) is 24.0 Å². The lowest BCUT2D eigenvalue weighted by molar-refractivity contribution is -0.128. The number of carbonyl (C=O) groups is 1. The molecule has 1 aliphatic heterocycles. The molecular formula is C24H33IN4O2. The first-order chi connectivity index (χ1) is 14.6. The zero-order valence-electron chi connectivity index (χ0n) is 18.6. The van der Waals surface area contributed by atoms with Crippen molar-refractivity contribution in [2.45, 2.75) is 46.3 Å². The lowest BCUT2D eigenvalue weighted by atomic mass is 10.1. The SMILES string of the molecule is CCOc1cc(C)ccc1CNC(=NC)NCc1cccc(CN2CCCC2=O)c1.I. The maximum Gasteiger partial charge on any atom is 0.222 e. The molecule has 0 radical (unpaired) electrons. The van der Waals surface area contributed by atoms with Gasteiger partial charge >= 0.3 is 0 Å². The van der Waals surface area contributed by atoms with Crippen molar-refractivity contribution in [3.8, 4) is 5.75 Å². The highest BCUT2D eigenvalue weighted by Crippen LogP contribution is 2.20. The summed E-state index contributed by atoms with van der Waals surface area (Å²) >= 11 is 0. The number of nitrogens with one attached hydrogen (secondary N) is 2. The molecule has 1 fully saturated rings. The van der Waals surface area contributed by atoms with Gasteiger partial charge in [-0.3, -0.25) is 9.79 Å². The standard InChI is InChI=1S/C24H32N4O2.HI/c1-4-30-22-13-18(2)10-11-21(22)16-27-24(25-3)26-15-19-7-5-8-20(14-19)17-28-12-6-9-23(28)29;/h5,7-8,10-11,13-14H,4,6,9,12,15-17H2,1-3H3,(H2,25,26,27);1H. The largest absolute Gasteiger partial charge is 0.494 e.